The van der Waals surface area contributed by atoms with E-state index in [1.54, 1.807) is 12.4 Å². The van der Waals surface area contributed by atoms with E-state index < -0.39 is 0 Å². The number of aryl methyl sites for hydroxylation is 1. The van der Waals surface area contributed by atoms with Crippen LogP contribution in [0.25, 0.3) is 11.5 Å². The Morgan fingerprint density at radius 3 is 2.75 bits per heavy atom. The Morgan fingerprint density at radius 1 is 1.25 bits per heavy atom. The molecule has 0 saturated heterocycles. The van der Waals surface area contributed by atoms with Crippen molar-refractivity contribution in [1.29, 1.82) is 0 Å². The average Bonchev–Trinajstić information content (AvgIpc) is 2.58. The van der Waals surface area contributed by atoms with Crippen molar-refractivity contribution in [2.24, 2.45) is 0 Å². The van der Waals surface area contributed by atoms with Gasteiger partial charge >= 0.3 is 0 Å². The summed E-state index contributed by atoms with van der Waals surface area (Å²) >= 11 is 0. The summed E-state index contributed by atoms with van der Waals surface area (Å²) in [6.07, 6.45) is 3.29. The molecule has 0 fully saturated rings. The molecule has 6 heteroatoms. The van der Waals surface area contributed by atoms with E-state index in [9.17, 15) is 0 Å². The molecule has 0 aliphatic carbocycles. The Kier molecular flexibility index (Phi) is 1.51. The molecule has 60 valence electrons. The minimum atomic E-state index is 0.530. The lowest BCUT2D eigenvalue weighted by atomic mass is 10.4. The Balaban J connectivity index is 2.43. The molecule has 2 aromatic rings. The SMILES string of the molecule is Cc1cnc(-c2nnn[nH]2)cn1. The van der Waals surface area contributed by atoms with Crippen molar-refractivity contribution in [3.05, 3.63) is 18.1 Å². The van der Waals surface area contributed by atoms with Crippen LogP contribution in [-0.4, -0.2) is 30.6 Å². The molecule has 6 nitrogen and oxygen atoms in total. The highest BCUT2D eigenvalue weighted by atomic mass is 15.5. The van der Waals surface area contributed by atoms with Crippen LogP contribution < -0.4 is 0 Å². The number of hydrogen-bond acceptors (Lipinski definition) is 5. The number of rotatable bonds is 1. The molecule has 0 aliphatic rings. The fourth-order valence-electron chi connectivity index (χ4n) is 0.783. The summed E-state index contributed by atoms with van der Waals surface area (Å²) in [6.45, 7) is 1.87. The second kappa shape index (κ2) is 2.65. The van der Waals surface area contributed by atoms with Crippen molar-refractivity contribution in [2.75, 3.05) is 0 Å². The molecule has 0 spiro atoms. The van der Waals surface area contributed by atoms with E-state index in [4.69, 9.17) is 0 Å². The van der Waals surface area contributed by atoms with E-state index in [1.165, 1.54) is 0 Å². The fraction of sp³-hybridized carbons (Fsp3) is 0.167. The van der Waals surface area contributed by atoms with E-state index in [0.29, 0.717) is 11.5 Å². The molecular weight excluding hydrogens is 156 g/mol. The van der Waals surface area contributed by atoms with E-state index in [-0.39, 0.29) is 0 Å². The molecule has 0 amide bonds. The first-order chi connectivity index (χ1) is 5.86. The minimum Gasteiger partial charge on any atom is -0.258 e. The number of H-pyrrole nitrogens is 1. The fourth-order valence-corrected chi connectivity index (χ4v) is 0.783. The number of tetrazole rings is 1. The maximum absolute atomic E-state index is 4.08. The molecule has 1 N–H and O–H groups in total. The zero-order valence-corrected chi connectivity index (χ0v) is 6.39. The molecule has 2 aromatic heterocycles. The van der Waals surface area contributed by atoms with Gasteiger partial charge in [0, 0.05) is 6.20 Å². The maximum Gasteiger partial charge on any atom is 0.199 e. The zero-order chi connectivity index (χ0) is 8.39. The van der Waals surface area contributed by atoms with Crippen LogP contribution in [0.4, 0.5) is 0 Å². The highest BCUT2D eigenvalue weighted by Crippen LogP contribution is 2.06. The van der Waals surface area contributed by atoms with Crippen LogP contribution in [0.2, 0.25) is 0 Å². The third-order valence-electron chi connectivity index (χ3n) is 1.37. The summed E-state index contributed by atoms with van der Waals surface area (Å²) in [4.78, 5) is 8.14. The Labute approximate surface area is 68.1 Å². The Morgan fingerprint density at radius 2 is 2.17 bits per heavy atom. The molecule has 0 unspecified atom stereocenters. The van der Waals surface area contributed by atoms with Crippen LogP contribution in [0, 0.1) is 6.92 Å². The van der Waals surface area contributed by atoms with Crippen molar-refractivity contribution >= 4 is 0 Å². The Bertz CT molecular complexity index is 350. The van der Waals surface area contributed by atoms with Gasteiger partial charge in [-0.15, -0.1) is 5.10 Å². The predicted molar refractivity (Wildman–Crippen MR) is 39.9 cm³/mol. The van der Waals surface area contributed by atoms with Gasteiger partial charge in [0.05, 0.1) is 11.9 Å². The lowest BCUT2D eigenvalue weighted by Crippen LogP contribution is -1.89. The van der Waals surface area contributed by atoms with Gasteiger partial charge in [-0.1, -0.05) is 0 Å². The monoisotopic (exact) mass is 162 g/mol. The van der Waals surface area contributed by atoms with Gasteiger partial charge in [-0.25, -0.2) is 10.1 Å². The van der Waals surface area contributed by atoms with Crippen molar-refractivity contribution in [1.82, 2.24) is 30.6 Å². The second-order valence-electron chi connectivity index (χ2n) is 2.29. The van der Waals surface area contributed by atoms with Crippen LogP contribution >= 0.6 is 0 Å². The molecule has 0 aliphatic heterocycles. The minimum absolute atomic E-state index is 0.530. The van der Waals surface area contributed by atoms with E-state index in [1.807, 2.05) is 6.92 Å². The summed E-state index contributed by atoms with van der Waals surface area (Å²) in [5, 5.41) is 13.2. The molecule has 0 saturated carbocycles. The van der Waals surface area contributed by atoms with Crippen LogP contribution in [0.5, 0.6) is 0 Å². The third-order valence-corrected chi connectivity index (χ3v) is 1.37. The quantitative estimate of drug-likeness (QED) is 0.636. The van der Waals surface area contributed by atoms with Gasteiger partial charge in [-0.05, 0) is 17.4 Å². The average molecular weight is 162 g/mol. The maximum atomic E-state index is 4.08. The number of hydrogen-bond donors (Lipinski definition) is 1. The van der Waals surface area contributed by atoms with Gasteiger partial charge in [0.25, 0.3) is 0 Å². The first kappa shape index (κ1) is 6.84. The van der Waals surface area contributed by atoms with Crippen LogP contribution in [-0.2, 0) is 0 Å². The summed E-state index contributed by atoms with van der Waals surface area (Å²) in [6, 6.07) is 0. The highest BCUT2D eigenvalue weighted by molar-refractivity contribution is 5.44. The van der Waals surface area contributed by atoms with Crippen LogP contribution in [0.1, 0.15) is 5.69 Å². The molecule has 0 radical (unpaired) electrons. The summed E-state index contributed by atoms with van der Waals surface area (Å²) in [5.74, 6) is 0.530. The number of nitrogens with one attached hydrogen (secondary N) is 1. The summed E-state index contributed by atoms with van der Waals surface area (Å²) in [5.41, 5.74) is 1.51. The van der Waals surface area contributed by atoms with Gasteiger partial charge in [0.2, 0.25) is 0 Å². The van der Waals surface area contributed by atoms with Gasteiger partial charge in [0.1, 0.15) is 5.69 Å². The van der Waals surface area contributed by atoms with Crippen molar-refractivity contribution in [3.8, 4) is 11.5 Å². The lowest BCUT2D eigenvalue weighted by molar-refractivity contribution is 0.881. The molecular formula is C6H6N6. The van der Waals surface area contributed by atoms with Gasteiger partial charge in [-0.3, -0.25) is 4.98 Å². The molecule has 2 heterocycles. The standard InChI is InChI=1S/C6H6N6/c1-4-2-8-5(3-7-4)6-9-11-12-10-6/h2-3H,1H3,(H,9,10,11,12). The smallest absolute Gasteiger partial charge is 0.199 e. The van der Waals surface area contributed by atoms with Crippen LogP contribution in [0.3, 0.4) is 0 Å². The van der Waals surface area contributed by atoms with E-state index >= 15 is 0 Å². The van der Waals surface area contributed by atoms with Gasteiger partial charge < -0.3 is 0 Å². The van der Waals surface area contributed by atoms with E-state index in [2.05, 4.69) is 30.6 Å². The number of aromatic nitrogens is 6. The topological polar surface area (TPSA) is 80.2 Å². The summed E-state index contributed by atoms with van der Waals surface area (Å²) < 4.78 is 0. The van der Waals surface area contributed by atoms with Gasteiger partial charge in [-0.2, -0.15) is 0 Å². The molecule has 2 rings (SSSR count). The largest absolute Gasteiger partial charge is 0.258 e. The molecule has 12 heavy (non-hydrogen) atoms. The third kappa shape index (κ3) is 1.14. The van der Waals surface area contributed by atoms with Crippen molar-refractivity contribution in [3.63, 3.8) is 0 Å². The first-order valence-electron chi connectivity index (χ1n) is 3.39. The van der Waals surface area contributed by atoms with Crippen molar-refractivity contribution in [2.45, 2.75) is 6.92 Å². The Hall–Kier alpha value is -1.85. The molecule has 0 bridgehead atoms. The summed E-state index contributed by atoms with van der Waals surface area (Å²) in [7, 11) is 0. The second-order valence-corrected chi connectivity index (χ2v) is 2.29. The van der Waals surface area contributed by atoms with Gasteiger partial charge in [0.15, 0.2) is 5.82 Å². The normalized spacial score (nSPS) is 10.1. The molecule has 0 atom stereocenters. The number of aromatic amines is 1. The number of nitrogens with zero attached hydrogens (tertiary/aromatic N) is 5. The van der Waals surface area contributed by atoms with E-state index in [0.717, 1.165) is 5.69 Å². The molecule has 0 aromatic carbocycles. The predicted octanol–water partition coefficient (Wildman–Crippen LogP) is -0.0349. The lowest BCUT2D eigenvalue weighted by Gasteiger charge is -1.92. The first-order valence-corrected chi connectivity index (χ1v) is 3.39. The highest BCUT2D eigenvalue weighted by Gasteiger charge is 2.01. The van der Waals surface area contributed by atoms with Crippen molar-refractivity contribution < 1.29 is 0 Å². The zero-order valence-electron chi connectivity index (χ0n) is 6.39. The van der Waals surface area contributed by atoms with Crippen LogP contribution in [0.15, 0.2) is 12.4 Å².